The molecular formula is C24H17ClF2N2O2S. The second kappa shape index (κ2) is 9.89. The van der Waals surface area contributed by atoms with Crippen LogP contribution in [0.2, 0.25) is 5.02 Å². The van der Waals surface area contributed by atoms with E-state index in [9.17, 15) is 13.6 Å². The molecule has 162 valence electrons. The molecule has 0 fully saturated rings. The summed E-state index contributed by atoms with van der Waals surface area (Å²) in [5.74, 6) is -0.609. The Labute approximate surface area is 192 Å². The minimum Gasteiger partial charge on any atom is -0.489 e. The molecule has 0 spiro atoms. The van der Waals surface area contributed by atoms with Gasteiger partial charge in [0.15, 0.2) is 0 Å². The van der Waals surface area contributed by atoms with Gasteiger partial charge in [-0.3, -0.25) is 4.79 Å². The van der Waals surface area contributed by atoms with Crippen LogP contribution in [-0.4, -0.2) is 10.9 Å². The van der Waals surface area contributed by atoms with Crippen LogP contribution in [0.5, 0.6) is 5.75 Å². The van der Waals surface area contributed by atoms with Crippen molar-refractivity contribution in [2.24, 2.45) is 0 Å². The molecule has 4 aromatic rings. The average molecular weight is 471 g/mol. The standard InChI is InChI=1S/C24H17ClF2N2O2S/c25-20-8-3-9-21(27)19(20)13-31-18-7-2-5-16(11-18)24-29-22(14-32-24)23(30)28-12-15-4-1-6-17(26)10-15/h1-11,14H,12-13H2,(H,28,30). The Morgan fingerprint density at radius 2 is 1.88 bits per heavy atom. The highest BCUT2D eigenvalue weighted by molar-refractivity contribution is 7.13. The lowest BCUT2D eigenvalue weighted by Gasteiger charge is -2.09. The first-order valence-corrected chi connectivity index (χ1v) is 10.9. The molecule has 1 amide bonds. The van der Waals surface area contributed by atoms with E-state index in [2.05, 4.69) is 10.3 Å². The SMILES string of the molecule is O=C(NCc1cccc(F)c1)c1csc(-c2cccc(OCc3c(F)cccc3Cl)c2)n1. The highest BCUT2D eigenvalue weighted by Gasteiger charge is 2.13. The van der Waals surface area contributed by atoms with Crippen molar-refractivity contribution in [3.8, 4) is 16.3 Å². The molecule has 0 saturated heterocycles. The Morgan fingerprint density at radius 1 is 1.06 bits per heavy atom. The Hall–Kier alpha value is -3.29. The maximum atomic E-state index is 13.9. The number of halogens is 3. The van der Waals surface area contributed by atoms with Crippen molar-refractivity contribution in [1.82, 2.24) is 10.3 Å². The van der Waals surface area contributed by atoms with E-state index in [1.807, 2.05) is 6.07 Å². The summed E-state index contributed by atoms with van der Waals surface area (Å²) in [5, 5.41) is 5.32. The lowest BCUT2D eigenvalue weighted by molar-refractivity contribution is 0.0946. The molecule has 1 heterocycles. The van der Waals surface area contributed by atoms with Crippen molar-refractivity contribution in [2.45, 2.75) is 13.2 Å². The lowest BCUT2D eigenvalue weighted by atomic mass is 10.2. The molecule has 0 saturated carbocycles. The van der Waals surface area contributed by atoms with Crippen molar-refractivity contribution in [3.63, 3.8) is 0 Å². The molecule has 4 rings (SSSR count). The number of nitrogens with zero attached hydrogens (tertiary/aromatic N) is 1. The largest absolute Gasteiger partial charge is 0.489 e. The van der Waals surface area contributed by atoms with Crippen molar-refractivity contribution in [1.29, 1.82) is 0 Å². The summed E-state index contributed by atoms with van der Waals surface area (Å²) in [6.45, 7) is 0.186. The van der Waals surface area contributed by atoms with Crippen molar-refractivity contribution in [3.05, 3.63) is 106 Å². The molecular weight excluding hydrogens is 454 g/mol. The molecule has 0 bridgehead atoms. The molecule has 0 radical (unpaired) electrons. The van der Waals surface area contributed by atoms with Crippen molar-refractivity contribution < 1.29 is 18.3 Å². The number of carbonyl (C=O) groups is 1. The minimum atomic E-state index is -0.428. The molecule has 3 aromatic carbocycles. The summed E-state index contributed by atoms with van der Waals surface area (Å²) in [6, 6.07) is 17.7. The molecule has 1 aromatic heterocycles. The first kappa shape index (κ1) is 21.9. The van der Waals surface area contributed by atoms with Gasteiger partial charge in [0.05, 0.1) is 5.02 Å². The smallest absolute Gasteiger partial charge is 0.271 e. The number of rotatable bonds is 7. The van der Waals surface area contributed by atoms with E-state index in [1.54, 1.807) is 41.8 Å². The fourth-order valence-corrected chi connectivity index (χ4v) is 3.99. The lowest BCUT2D eigenvalue weighted by Crippen LogP contribution is -2.23. The highest BCUT2D eigenvalue weighted by atomic mass is 35.5. The summed E-state index contributed by atoms with van der Waals surface area (Å²) in [7, 11) is 0. The van der Waals surface area contributed by atoms with Crippen LogP contribution < -0.4 is 10.1 Å². The third-order valence-corrected chi connectivity index (χ3v) is 5.85. The zero-order valence-corrected chi connectivity index (χ0v) is 18.2. The first-order chi connectivity index (χ1) is 15.5. The summed E-state index contributed by atoms with van der Waals surface area (Å²) < 4.78 is 32.9. The van der Waals surface area contributed by atoms with E-state index in [4.69, 9.17) is 16.3 Å². The van der Waals surface area contributed by atoms with Gasteiger partial charge in [-0.15, -0.1) is 11.3 Å². The monoisotopic (exact) mass is 470 g/mol. The molecule has 4 nitrogen and oxygen atoms in total. The minimum absolute atomic E-state index is 0.0133. The summed E-state index contributed by atoms with van der Waals surface area (Å²) in [6.07, 6.45) is 0. The third-order valence-electron chi connectivity index (χ3n) is 4.60. The summed E-state index contributed by atoms with van der Waals surface area (Å²) >= 11 is 7.36. The van der Waals surface area contributed by atoms with Gasteiger partial charge in [-0.05, 0) is 42.0 Å². The zero-order chi connectivity index (χ0) is 22.5. The summed E-state index contributed by atoms with van der Waals surface area (Å²) in [5.41, 5.74) is 1.97. The molecule has 0 unspecified atom stereocenters. The van der Waals surface area contributed by atoms with Crippen LogP contribution in [0.3, 0.4) is 0 Å². The van der Waals surface area contributed by atoms with Crippen LogP contribution in [0.1, 0.15) is 21.6 Å². The molecule has 0 aliphatic rings. The van der Waals surface area contributed by atoms with Crippen LogP contribution in [0.4, 0.5) is 8.78 Å². The van der Waals surface area contributed by atoms with Gasteiger partial charge in [0.2, 0.25) is 0 Å². The molecule has 0 aliphatic carbocycles. The van der Waals surface area contributed by atoms with E-state index < -0.39 is 5.82 Å². The van der Waals surface area contributed by atoms with Crippen LogP contribution in [-0.2, 0) is 13.2 Å². The van der Waals surface area contributed by atoms with E-state index in [0.717, 1.165) is 5.56 Å². The number of carbonyl (C=O) groups excluding carboxylic acids is 1. The predicted molar refractivity (Wildman–Crippen MR) is 121 cm³/mol. The van der Waals surface area contributed by atoms with E-state index in [1.165, 1.54) is 35.6 Å². The quantitative estimate of drug-likeness (QED) is 0.347. The van der Waals surface area contributed by atoms with Crippen LogP contribution in [0, 0.1) is 11.6 Å². The van der Waals surface area contributed by atoms with Gasteiger partial charge in [0, 0.05) is 23.1 Å². The number of aromatic nitrogens is 1. The molecule has 0 atom stereocenters. The zero-order valence-electron chi connectivity index (χ0n) is 16.6. The second-order valence-electron chi connectivity index (χ2n) is 6.87. The Balaban J connectivity index is 1.42. The van der Waals surface area contributed by atoms with E-state index in [-0.39, 0.29) is 36.1 Å². The molecule has 8 heteroatoms. The van der Waals surface area contributed by atoms with Crippen molar-refractivity contribution in [2.75, 3.05) is 0 Å². The Kier molecular flexibility index (Phi) is 6.78. The van der Waals surface area contributed by atoms with E-state index in [0.29, 0.717) is 21.3 Å². The fourth-order valence-electron chi connectivity index (χ4n) is 2.98. The van der Waals surface area contributed by atoms with Crippen LogP contribution in [0.25, 0.3) is 10.6 Å². The van der Waals surface area contributed by atoms with E-state index >= 15 is 0 Å². The third kappa shape index (κ3) is 5.30. The Bertz CT molecular complexity index is 1240. The van der Waals surface area contributed by atoms with Gasteiger partial charge in [0.1, 0.15) is 34.7 Å². The number of thiazole rings is 1. The van der Waals surface area contributed by atoms with Gasteiger partial charge in [-0.25, -0.2) is 13.8 Å². The summed E-state index contributed by atoms with van der Waals surface area (Å²) in [4.78, 5) is 16.8. The molecule has 1 N–H and O–H groups in total. The first-order valence-electron chi connectivity index (χ1n) is 9.64. The van der Waals surface area contributed by atoms with Crippen LogP contribution in [0.15, 0.2) is 72.1 Å². The van der Waals surface area contributed by atoms with Gasteiger partial charge in [-0.1, -0.05) is 41.9 Å². The van der Waals surface area contributed by atoms with Crippen LogP contribution >= 0.6 is 22.9 Å². The van der Waals surface area contributed by atoms with Gasteiger partial charge in [-0.2, -0.15) is 0 Å². The maximum absolute atomic E-state index is 13.9. The van der Waals surface area contributed by atoms with Crippen molar-refractivity contribution >= 4 is 28.8 Å². The number of hydrogen-bond donors (Lipinski definition) is 1. The van der Waals surface area contributed by atoms with Gasteiger partial charge >= 0.3 is 0 Å². The number of hydrogen-bond acceptors (Lipinski definition) is 4. The average Bonchev–Trinajstić information content (AvgIpc) is 3.28. The highest BCUT2D eigenvalue weighted by Crippen LogP contribution is 2.28. The van der Waals surface area contributed by atoms with Gasteiger partial charge < -0.3 is 10.1 Å². The fraction of sp³-hybridized carbons (Fsp3) is 0.0833. The number of ether oxygens (including phenoxy) is 1. The molecule has 0 aliphatic heterocycles. The van der Waals surface area contributed by atoms with Gasteiger partial charge in [0.25, 0.3) is 5.91 Å². The molecule has 32 heavy (non-hydrogen) atoms. The normalized spacial score (nSPS) is 10.7. The maximum Gasteiger partial charge on any atom is 0.271 e. The predicted octanol–water partition coefficient (Wildman–Crippen LogP) is 6.25. The number of benzene rings is 3. The topological polar surface area (TPSA) is 51.2 Å². The second-order valence-corrected chi connectivity index (χ2v) is 8.13. The number of amides is 1. The Morgan fingerprint density at radius 3 is 2.69 bits per heavy atom. The number of nitrogens with one attached hydrogen (secondary N) is 1.